The summed E-state index contributed by atoms with van der Waals surface area (Å²) in [5, 5.41) is 12.0. The minimum atomic E-state index is -0.110. The maximum Gasteiger partial charge on any atom is 0.259 e. The number of nitrogens with one attached hydrogen (secondary N) is 2. The lowest BCUT2D eigenvalue weighted by atomic mass is 10.0. The molecule has 0 aliphatic carbocycles. The summed E-state index contributed by atoms with van der Waals surface area (Å²) in [5.74, 6) is 0.821. The first-order valence-electron chi connectivity index (χ1n) is 7.20. The lowest BCUT2D eigenvalue weighted by molar-refractivity contribution is 0.102. The molecule has 21 heavy (non-hydrogen) atoms. The van der Waals surface area contributed by atoms with Crippen molar-refractivity contribution in [2.75, 3.05) is 11.9 Å². The van der Waals surface area contributed by atoms with Crippen LogP contribution in [0.15, 0.2) is 16.0 Å². The van der Waals surface area contributed by atoms with Gasteiger partial charge in [0.25, 0.3) is 5.91 Å². The van der Waals surface area contributed by atoms with Gasteiger partial charge in [-0.1, -0.05) is 19.0 Å². The highest BCUT2D eigenvalue weighted by Gasteiger charge is 2.20. The van der Waals surface area contributed by atoms with Crippen LogP contribution in [-0.4, -0.2) is 17.6 Å². The van der Waals surface area contributed by atoms with Crippen molar-refractivity contribution < 1.29 is 9.32 Å². The third kappa shape index (κ3) is 3.16. The molecule has 0 unspecified atom stereocenters. The molecule has 3 rings (SSSR count). The van der Waals surface area contributed by atoms with E-state index >= 15 is 0 Å². The first kappa shape index (κ1) is 14.3. The minimum absolute atomic E-state index is 0.110. The van der Waals surface area contributed by atoms with Crippen molar-refractivity contribution in [2.45, 2.75) is 33.2 Å². The number of fused-ring (bicyclic) bond motifs is 1. The number of amides is 1. The number of thiophene rings is 1. The van der Waals surface area contributed by atoms with Crippen LogP contribution in [-0.2, 0) is 19.4 Å². The van der Waals surface area contributed by atoms with Gasteiger partial charge < -0.3 is 9.84 Å². The van der Waals surface area contributed by atoms with Crippen LogP contribution in [0.25, 0.3) is 0 Å². The van der Waals surface area contributed by atoms with Gasteiger partial charge in [-0.15, -0.1) is 11.3 Å². The molecule has 2 aromatic rings. The number of aromatic nitrogens is 1. The number of nitrogens with zero attached hydrogens (tertiary/aromatic N) is 1. The van der Waals surface area contributed by atoms with Crippen molar-refractivity contribution >= 4 is 23.1 Å². The predicted octanol–water partition coefficient (Wildman–Crippen LogP) is 2.83. The van der Waals surface area contributed by atoms with E-state index in [0.717, 1.165) is 42.8 Å². The largest absolute Gasteiger partial charge is 0.338 e. The summed E-state index contributed by atoms with van der Waals surface area (Å²) in [7, 11) is 0. The Balaban J connectivity index is 1.71. The van der Waals surface area contributed by atoms with Gasteiger partial charge in [0.15, 0.2) is 0 Å². The van der Waals surface area contributed by atoms with E-state index < -0.39 is 0 Å². The maximum atomic E-state index is 12.4. The summed E-state index contributed by atoms with van der Waals surface area (Å²) >= 11 is 1.63. The van der Waals surface area contributed by atoms with Crippen LogP contribution < -0.4 is 10.6 Å². The lowest BCUT2D eigenvalue weighted by Gasteiger charge is -2.13. The van der Waals surface area contributed by atoms with Crippen LogP contribution in [0.3, 0.4) is 0 Å². The predicted molar refractivity (Wildman–Crippen MR) is 82.7 cm³/mol. The molecule has 6 heteroatoms. The summed E-state index contributed by atoms with van der Waals surface area (Å²) in [6.07, 6.45) is 1.75. The van der Waals surface area contributed by atoms with Crippen molar-refractivity contribution in [3.05, 3.63) is 33.1 Å². The molecule has 0 radical (unpaired) electrons. The smallest absolute Gasteiger partial charge is 0.259 e. The van der Waals surface area contributed by atoms with Crippen LogP contribution in [0.1, 0.15) is 40.3 Å². The Morgan fingerprint density at radius 3 is 3.24 bits per heavy atom. The molecule has 0 spiro atoms. The van der Waals surface area contributed by atoms with Gasteiger partial charge in [0.1, 0.15) is 0 Å². The monoisotopic (exact) mass is 305 g/mol. The second-order valence-corrected chi connectivity index (χ2v) is 6.68. The SMILES string of the molecule is CC(C)Cc1cc(NC(=O)c2csc3c2CCNC3)on1. The molecular weight excluding hydrogens is 286 g/mol. The first-order valence-corrected chi connectivity index (χ1v) is 8.08. The van der Waals surface area contributed by atoms with E-state index in [1.165, 1.54) is 4.88 Å². The molecule has 0 atom stereocenters. The fraction of sp³-hybridized carbons (Fsp3) is 0.467. The highest BCUT2D eigenvalue weighted by molar-refractivity contribution is 7.10. The quantitative estimate of drug-likeness (QED) is 0.911. The molecule has 0 bridgehead atoms. The van der Waals surface area contributed by atoms with Crippen molar-refractivity contribution in [2.24, 2.45) is 5.92 Å². The van der Waals surface area contributed by atoms with Crippen LogP contribution >= 0.6 is 11.3 Å². The summed E-state index contributed by atoms with van der Waals surface area (Å²) in [6.45, 7) is 6.02. The molecule has 112 valence electrons. The zero-order valence-electron chi connectivity index (χ0n) is 12.2. The summed E-state index contributed by atoms with van der Waals surface area (Å²) < 4.78 is 5.19. The zero-order valence-corrected chi connectivity index (χ0v) is 13.0. The van der Waals surface area contributed by atoms with Gasteiger partial charge in [0.05, 0.1) is 11.3 Å². The molecule has 0 fully saturated rings. The van der Waals surface area contributed by atoms with Gasteiger partial charge in [0.2, 0.25) is 5.88 Å². The Labute approximate surface area is 127 Å². The molecule has 0 saturated carbocycles. The second kappa shape index (κ2) is 5.99. The summed E-state index contributed by atoms with van der Waals surface area (Å²) in [4.78, 5) is 13.6. The van der Waals surface area contributed by atoms with E-state index in [0.29, 0.717) is 11.8 Å². The van der Waals surface area contributed by atoms with E-state index in [9.17, 15) is 4.79 Å². The van der Waals surface area contributed by atoms with Crippen molar-refractivity contribution in [1.82, 2.24) is 10.5 Å². The summed E-state index contributed by atoms with van der Waals surface area (Å²) in [6, 6.07) is 1.80. The second-order valence-electron chi connectivity index (χ2n) is 5.71. The van der Waals surface area contributed by atoms with Gasteiger partial charge in [-0.25, -0.2) is 0 Å². The van der Waals surface area contributed by atoms with E-state index in [4.69, 9.17) is 4.52 Å². The Morgan fingerprint density at radius 2 is 2.43 bits per heavy atom. The van der Waals surface area contributed by atoms with E-state index in [2.05, 4.69) is 29.6 Å². The van der Waals surface area contributed by atoms with E-state index in [1.54, 1.807) is 17.4 Å². The highest BCUT2D eigenvalue weighted by Crippen LogP contribution is 2.26. The van der Waals surface area contributed by atoms with E-state index in [-0.39, 0.29) is 5.91 Å². The highest BCUT2D eigenvalue weighted by atomic mass is 32.1. The number of hydrogen-bond acceptors (Lipinski definition) is 5. The standard InChI is InChI=1S/C15H19N3O2S/c1-9(2)5-10-6-14(20-18-10)17-15(19)12-8-21-13-7-16-4-3-11(12)13/h6,8-9,16H,3-5,7H2,1-2H3,(H,17,19). The van der Waals surface area contributed by atoms with Crippen LogP contribution in [0, 0.1) is 5.92 Å². The molecule has 5 nitrogen and oxygen atoms in total. The van der Waals surface area contributed by atoms with Crippen molar-refractivity contribution in [3.8, 4) is 0 Å². The number of carbonyl (C=O) groups is 1. The summed E-state index contributed by atoms with van der Waals surface area (Å²) in [5.41, 5.74) is 2.80. The van der Waals surface area contributed by atoms with Gasteiger partial charge in [-0.3, -0.25) is 10.1 Å². The van der Waals surface area contributed by atoms with E-state index in [1.807, 2.05) is 5.38 Å². The molecule has 1 amide bonds. The lowest BCUT2D eigenvalue weighted by Crippen LogP contribution is -2.24. The number of anilines is 1. The fourth-order valence-electron chi connectivity index (χ4n) is 2.52. The molecule has 1 aliphatic rings. The Hall–Kier alpha value is -1.66. The van der Waals surface area contributed by atoms with Gasteiger partial charge in [-0.05, 0) is 30.9 Å². The number of carbonyl (C=O) groups excluding carboxylic acids is 1. The van der Waals surface area contributed by atoms with Crippen LogP contribution in [0.2, 0.25) is 0 Å². The van der Waals surface area contributed by atoms with Crippen molar-refractivity contribution in [3.63, 3.8) is 0 Å². The molecule has 0 aromatic carbocycles. The third-order valence-electron chi connectivity index (χ3n) is 3.48. The molecule has 0 saturated heterocycles. The number of rotatable bonds is 4. The van der Waals surface area contributed by atoms with Gasteiger partial charge >= 0.3 is 0 Å². The molecule has 2 N–H and O–H groups in total. The zero-order chi connectivity index (χ0) is 14.8. The fourth-order valence-corrected chi connectivity index (χ4v) is 3.56. The average Bonchev–Trinajstić information content (AvgIpc) is 3.04. The molecular formula is C15H19N3O2S. The molecule has 1 aliphatic heterocycles. The molecule has 2 aromatic heterocycles. The van der Waals surface area contributed by atoms with Crippen LogP contribution in [0.5, 0.6) is 0 Å². The third-order valence-corrected chi connectivity index (χ3v) is 4.50. The Morgan fingerprint density at radius 1 is 1.57 bits per heavy atom. The average molecular weight is 305 g/mol. The Kier molecular flexibility index (Phi) is 4.07. The van der Waals surface area contributed by atoms with Gasteiger partial charge in [0, 0.05) is 22.9 Å². The normalized spacial score (nSPS) is 14.2. The maximum absolute atomic E-state index is 12.4. The number of hydrogen-bond donors (Lipinski definition) is 2. The molecule has 3 heterocycles. The first-order chi connectivity index (χ1) is 10.1. The van der Waals surface area contributed by atoms with Gasteiger partial charge in [-0.2, -0.15) is 0 Å². The minimum Gasteiger partial charge on any atom is -0.338 e. The van der Waals surface area contributed by atoms with Crippen LogP contribution in [0.4, 0.5) is 5.88 Å². The topological polar surface area (TPSA) is 67.2 Å². The van der Waals surface area contributed by atoms with Crippen molar-refractivity contribution in [1.29, 1.82) is 0 Å². The Bertz CT molecular complexity index is 645.